The molecule has 0 aromatic heterocycles. The molecule has 5 heteroatoms. The normalized spacial score (nSPS) is 13.6. The SMILES string of the molecule is CCC(CBr)CS(=O)(=O)Cc1ccc(Cl)cc1. The van der Waals surface area contributed by atoms with Gasteiger partial charge in [-0.25, -0.2) is 8.42 Å². The van der Waals surface area contributed by atoms with E-state index in [1.165, 1.54) is 0 Å². The third kappa shape index (κ3) is 5.40. The van der Waals surface area contributed by atoms with Crippen molar-refractivity contribution in [3.05, 3.63) is 34.9 Å². The van der Waals surface area contributed by atoms with Crippen LogP contribution in [0.1, 0.15) is 18.9 Å². The van der Waals surface area contributed by atoms with Crippen LogP contribution in [0, 0.1) is 5.92 Å². The maximum Gasteiger partial charge on any atom is 0.154 e. The molecule has 0 saturated carbocycles. The zero-order chi connectivity index (χ0) is 12.9. The molecule has 2 nitrogen and oxygen atoms in total. The molecule has 1 aromatic carbocycles. The fraction of sp³-hybridized carbons (Fsp3) is 0.500. The van der Waals surface area contributed by atoms with Gasteiger partial charge in [-0.05, 0) is 23.6 Å². The number of hydrogen-bond acceptors (Lipinski definition) is 2. The summed E-state index contributed by atoms with van der Waals surface area (Å²) in [4.78, 5) is 0. The van der Waals surface area contributed by atoms with Crippen LogP contribution >= 0.6 is 27.5 Å². The van der Waals surface area contributed by atoms with E-state index in [2.05, 4.69) is 15.9 Å². The first-order valence-corrected chi connectivity index (χ1v) is 8.79. The lowest BCUT2D eigenvalue weighted by molar-refractivity contribution is 0.568. The molecule has 0 spiro atoms. The molecule has 0 fully saturated rings. The summed E-state index contributed by atoms with van der Waals surface area (Å²) in [6.07, 6.45) is 0.866. The number of rotatable bonds is 6. The highest BCUT2D eigenvalue weighted by atomic mass is 79.9. The fourth-order valence-corrected chi connectivity index (χ4v) is 4.53. The van der Waals surface area contributed by atoms with Gasteiger partial charge in [-0.2, -0.15) is 0 Å². The Morgan fingerprint density at radius 2 is 1.88 bits per heavy atom. The highest BCUT2D eigenvalue weighted by Crippen LogP contribution is 2.16. The number of sulfone groups is 1. The molecule has 0 aliphatic heterocycles. The van der Waals surface area contributed by atoms with Crippen LogP contribution in [0.2, 0.25) is 5.02 Å². The van der Waals surface area contributed by atoms with Crippen molar-refractivity contribution >= 4 is 37.4 Å². The number of halogens is 2. The van der Waals surface area contributed by atoms with Crippen molar-refractivity contribution in [2.24, 2.45) is 5.92 Å². The lowest BCUT2D eigenvalue weighted by Crippen LogP contribution is -2.18. The fourth-order valence-electron chi connectivity index (χ4n) is 1.52. The summed E-state index contributed by atoms with van der Waals surface area (Å²) >= 11 is 9.10. The van der Waals surface area contributed by atoms with Gasteiger partial charge in [0.15, 0.2) is 9.84 Å². The molecule has 0 saturated heterocycles. The highest BCUT2D eigenvalue weighted by Gasteiger charge is 2.17. The smallest absolute Gasteiger partial charge is 0.154 e. The summed E-state index contributed by atoms with van der Waals surface area (Å²) in [5.74, 6) is 0.512. The van der Waals surface area contributed by atoms with Crippen molar-refractivity contribution in [1.29, 1.82) is 0 Å². The van der Waals surface area contributed by atoms with E-state index >= 15 is 0 Å². The molecule has 0 N–H and O–H groups in total. The van der Waals surface area contributed by atoms with Crippen molar-refractivity contribution in [1.82, 2.24) is 0 Å². The number of hydrogen-bond donors (Lipinski definition) is 0. The Morgan fingerprint density at radius 1 is 1.29 bits per heavy atom. The van der Waals surface area contributed by atoms with Crippen LogP contribution in [-0.4, -0.2) is 19.5 Å². The van der Waals surface area contributed by atoms with Gasteiger partial charge in [0.2, 0.25) is 0 Å². The van der Waals surface area contributed by atoms with Gasteiger partial charge < -0.3 is 0 Å². The lowest BCUT2D eigenvalue weighted by atomic mass is 10.2. The lowest BCUT2D eigenvalue weighted by Gasteiger charge is -2.11. The monoisotopic (exact) mass is 338 g/mol. The van der Waals surface area contributed by atoms with Gasteiger partial charge in [0.1, 0.15) is 0 Å². The molecule has 1 rings (SSSR count). The summed E-state index contributed by atoms with van der Waals surface area (Å²) < 4.78 is 23.9. The van der Waals surface area contributed by atoms with E-state index in [1.807, 2.05) is 6.92 Å². The van der Waals surface area contributed by atoms with E-state index in [0.29, 0.717) is 5.02 Å². The van der Waals surface area contributed by atoms with E-state index in [9.17, 15) is 8.42 Å². The predicted molar refractivity (Wildman–Crippen MR) is 76.5 cm³/mol. The first-order valence-electron chi connectivity index (χ1n) is 5.47. The van der Waals surface area contributed by atoms with E-state index in [-0.39, 0.29) is 17.4 Å². The zero-order valence-corrected chi connectivity index (χ0v) is 12.9. The van der Waals surface area contributed by atoms with Crippen molar-refractivity contribution in [2.75, 3.05) is 11.1 Å². The Kier molecular flexibility index (Phi) is 5.97. The van der Waals surface area contributed by atoms with Crippen LogP contribution in [0.3, 0.4) is 0 Å². The van der Waals surface area contributed by atoms with Gasteiger partial charge in [0, 0.05) is 10.4 Å². The molecular weight excluding hydrogens is 324 g/mol. The van der Waals surface area contributed by atoms with Crippen LogP contribution < -0.4 is 0 Å². The maximum absolute atomic E-state index is 12.0. The van der Waals surface area contributed by atoms with Crippen LogP contribution in [-0.2, 0) is 15.6 Å². The van der Waals surface area contributed by atoms with Crippen molar-refractivity contribution in [3.63, 3.8) is 0 Å². The quantitative estimate of drug-likeness (QED) is 0.741. The summed E-state index contributed by atoms with van der Waals surface area (Å²) in [5, 5.41) is 1.35. The molecule has 0 bridgehead atoms. The Bertz CT molecular complexity index is 438. The van der Waals surface area contributed by atoms with Gasteiger partial charge >= 0.3 is 0 Å². The minimum atomic E-state index is -3.04. The van der Waals surface area contributed by atoms with Gasteiger partial charge in [0.05, 0.1) is 11.5 Å². The minimum Gasteiger partial charge on any atom is -0.228 e. The molecule has 0 radical (unpaired) electrons. The molecule has 0 amide bonds. The third-order valence-corrected chi connectivity index (χ3v) is 5.51. The van der Waals surface area contributed by atoms with Crippen LogP contribution in [0.25, 0.3) is 0 Å². The molecule has 1 aromatic rings. The second-order valence-electron chi connectivity index (χ2n) is 4.11. The summed E-state index contributed by atoms with van der Waals surface area (Å²) in [7, 11) is -3.04. The van der Waals surface area contributed by atoms with E-state index in [1.54, 1.807) is 24.3 Å². The van der Waals surface area contributed by atoms with Gasteiger partial charge in [-0.3, -0.25) is 0 Å². The molecule has 1 atom stereocenters. The topological polar surface area (TPSA) is 34.1 Å². The second kappa shape index (κ2) is 6.76. The van der Waals surface area contributed by atoms with Crippen molar-refractivity contribution in [2.45, 2.75) is 19.1 Å². The zero-order valence-electron chi connectivity index (χ0n) is 9.70. The summed E-state index contributed by atoms with van der Waals surface area (Å²) in [6.45, 7) is 2.00. The molecular formula is C12H16BrClO2S. The Morgan fingerprint density at radius 3 is 2.35 bits per heavy atom. The Labute approximate surface area is 116 Å². The van der Waals surface area contributed by atoms with E-state index in [4.69, 9.17) is 11.6 Å². The Hall–Kier alpha value is -0.0600. The molecule has 0 heterocycles. The summed E-state index contributed by atoms with van der Waals surface area (Å²) in [5.41, 5.74) is 0.791. The highest BCUT2D eigenvalue weighted by molar-refractivity contribution is 9.09. The van der Waals surface area contributed by atoms with Crippen LogP contribution in [0.5, 0.6) is 0 Å². The maximum atomic E-state index is 12.0. The standard InChI is InChI=1S/C12H16BrClO2S/c1-2-10(7-13)8-17(15,16)9-11-3-5-12(14)6-4-11/h3-6,10H,2,7-9H2,1H3. The first-order chi connectivity index (χ1) is 7.96. The van der Waals surface area contributed by atoms with Crippen molar-refractivity contribution in [3.8, 4) is 0 Å². The first kappa shape index (κ1) is 15.0. The molecule has 0 aliphatic carbocycles. The third-order valence-electron chi connectivity index (χ3n) is 2.59. The Balaban J connectivity index is 2.69. The average Bonchev–Trinajstić information content (AvgIpc) is 2.29. The largest absolute Gasteiger partial charge is 0.228 e. The molecule has 17 heavy (non-hydrogen) atoms. The van der Waals surface area contributed by atoms with Crippen LogP contribution in [0.4, 0.5) is 0 Å². The van der Waals surface area contributed by atoms with Crippen LogP contribution in [0.15, 0.2) is 24.3 Å². The predicted octanol–water partition coefficient (Wildman–Crippen LogP) is 3.68. The van der Waals surface area contributed by atoms with Gasteiger partial charge in [0.25, 0.3) is 0 Å². The minimum absolute atomic E-state index is 0.0909. The van der Waals surface area contributed by atoms with E-state index in [0.717, 1.165) is 17.3 Å². The van der Waals surface area contributed by atoms with Gasteiger partial charge in [-0.15, -0.1) is 0 Å². The van der Waals surface area contributed by atoms with Crippen molar-refractivity contribution < 1.29 is 8.42 Å². The number of alkyl halides is 1. The van der Waals surface area contributed by atoms with Gasteiger partial charge in [-0.1, -0.05) is 53.0 Å². The average molecular weight is 340 g/mol. The molecule has 96 valence electrons. The second-order valence-corrected chi connectivity index (χ2v) is 7.30. The molecule has 1 unspecified atom stereocenters. The molecule has 0 aliphatic rings. The summed E-state index contributed by atoms with van der Waals surface area (Å²) in [6, 6.07) is 6.95. The van der Waals surface area contributed by atoms with E-state index < -0.39 is 9.84 Å². The number of benzene rings is 1.